The number of carbonyl (C=O) groups is 1. The van der Waals surface area contributed by atoms with Crippen LogP contribution < -0.4 is 4.74 Å². The van der Waals surface area contributed by atoms with E-state index < -0.39 is 0 Å². The SMILES string of the molecule is COC(=O)Cn1ccc2c(OCCCc3nc(-c4ccccc4)oc3C)cccc21. The molecule has 6 heteroatoms. The molecule has 2 aromatic carbocycles. The van der Waals surface area contributed by atoms with Gasteiger partial charge in [-0.2, -0.15) is 0 Å². The summed E-state index contributed by atoms with van der Waals surface area (Å²) in [6.07, 6.45) is 3.47. The summed E-state index contributed by atoms with van der Waals surface area (Å²) in [6.45, 7) is 2.69. The Labute approximate surface area is 175 Å². The average Bonchev–Trinajstić information content (AvgIpc) is 3.35. The lowest BCUT2D eigenvalue weighted by Gasteiger charge is -2.08. The Morgan fingerprint density at radius 1 is 1.10 bits per heavy atom. The van der Waals surface area contributed by atoms with Gasteiger partial charge in [0.2, 0.25) is 5.89 Å². The van der Waals surface area contributed by atoms with Gasteiger partial charge in [-0.1, -0.05) is 24.3 Å². The number of fused-ring (bicyclic) bond motifs is 1. The number of esters is 1. The zero-order valence-corrected chi connectivity index (χ0v) is 17.1. The van der Waals surface area contributed by atoms with Crippen LogP contribution in [0.1, 0.15) is 17.9 Å². The van der Waals surface area contributed by atoms with Crippen molar-refractivity contribution < 1.29 is 18.7 Å². The molecule has 0 radical (unpaired) electrons. The summed E-state index contributed by atoms with van der Waals surface area (Å²) in [5, 5.41) is 0.977. The highest BCUT2D eigenvalue weighted by Crippen LogP contribution is 2.27. The molecular weight excluding hydrogens is 380 g/mol. The highest BCUT2D eigenvalue weighted by atomic mass is 16.5. The maximum absolute atomic E-state index is 11.6. The molecule has 0 atom stereocenters. The number of aryl methyl sites for hydroxylation is 2. The van der Waals surface area contributed by atoms with Crippen LogP contribution in [-0.4, -0.2) is 29.2 Å². The Kier molecular flexibility index (Phi) is 5.84. The minimum atomic E-state index is -0.281. The van der Waals surface area contributed by atoms with Gasteiger partial charge in [-0.05, 0) is 50.1 Å². The van der Waals surface area contributed by atoms with E-state index in [1.807, 2.05) is 72.3 Å². The normalized spacial score (nSPS) is 11.0. The Hall–Kier alpha value is -3.54. The highest BCUT2D eigenvalue weighted by Gasteiger charge is 2.12. The molecule has 0 N–H and O–H groups in total. The monoisotopic (exact) mass is 404 g/mol. The number of aromatic nitrogens is 2. The molecule has 0 fully saturated rings. The van der Waals surface area contributed by atoms with Gasteiger partial charge in [0.1, 0.15) is 18.1 Å². The van der Waals surface area contributed by atoms with Crippen molar-refractivity contribution in [3.8, 4) is 17.2 Å². The summed E-state index contributed by atoms with van der Waals surface area (Å²) in [4.78, 5) is 16.2. The van der Waals surface area contributed by atoms with Crippen LogP contribution in [-0.2, 0) is 22.5 Å². The van der Waals surface area contributed by atoms with Gasteiger partial charge in [0.25, 0.3) is 0 Å². The number of nitrogens with zero attached hydrogens (tertiary/aromatic N) is 2. The van der Waals surface area contributed by atoms with Crippen LogP contribution in [0.25, 0.3) is 22.4 Å². The Morgan fingerprint density at radius 3 is 2.73 bits per heavy atom. The van der Waals surface area contributed by atoms with Crippen LogP contribution in [0.2, 0.25) is 0 Å². The fourth-order valence-electron chi connectivity index (χ4n) is 3.45. The average molecular weight is 404 g/mol. The molecule has 6 nitrogen and oxygen atoms in total. The van der Waals surface area contributed by atoms with Crippen molar-refractivity contribution >= 4 is 16.9 Å². The van der Waals surface area contributed by atoms with Crippen molar-refractivity contribution in [2.24, 2.45) is 0 Å². The lowest BCUT2D eigenvalue weighted by atomic mass is 10.2. The fraction of sp³-hybridized carbons (Fsp3) is 0.250. The van der Waals surface area contributed by atoms with Gasteiger partial charge in [-0.15, -0.1) is 0 Å². The number of ether oxygens (including phenoxy) is 2. The predicted molar refractivity (Wildman–Crippen MR) is 114 cm³/mol. The molecule has 4 rings (SSSR count). The van der Waals surface area contributed by atoms with E-state index in [0.29, 0.717) is 12.5 Å². The largest absolute Gasteiger partial charge is 0.493 e. The molecule has 0 saturated heterocycles. The van der Waals surface area contributed by atoms with E-state index in [4.69, 9.17) is 13.9 Å². The molecule has 0 aliphatic rings. The number of hydrogen-bond donors (Lipinski definition) is 0. The van der Waals surface area contributed by atoms with Crippen molar-refractivity contribution in [2.45, 2.75) is 26.3 Å². The molecule has 0 aliphatic carbocycles. The molecule has 2 aromatic heterocycles. The number of benzene rings is 2. The van der Waals surface area contributed by atoms with Crippen molar-refractivity contribution in [1.29, 1.82) is 0 Å². The second-order valence-corrected chi connectivity index (χ2v) is 7.05. The molecule has 0 spiro atoms. The number of hydrogen-bond acceptors (Lipinski definition) is 5. The second kappa shape index (κ2) is 8.86. The Balaban J connectivity index is 1.38. The van der Waals surface area contributed by atoms with Gasteiger partial charge in [0.05, 0.1) is 24.9 Å². The lowest BCUT2D eigenvalue weighted by Crippen LogP contribution is -2.10. The quantitative estimate of drug-likeness (QED) is 0.312. The summed E-state index contributed by atoms with van der Waals surface area (Å²) in [6, 6.07) is 17.7. The van der Waals surface area contributed by atoms with Gasteiger partial charge in [0.15, 0.2) is 0 Å². The molecule has 4 aromatic rings. The smallest absolute Gasteiger partial charge is 0.325 e. The molecule has 154 valence electrons. The third-order valence-electron chi connectivity index (χ3n) is 5.03. The maximum Gasteiger partial charge on any atom is 0.325 e. The minimum absolute atomic E-state index is 0.179. The van der Waals surface area contributed by atoms with Gasteiger partial charge < -0.3 is 18.5 Å². The predicted octanol–water partition coefficient (Wildman–Crippen LogP) is 4.79. The van der Waals surface area contributed by atoms with Crippen LogP contribution in [0.15, 0.2) is 65.2 Å². The van der Waals surface area contributed by atoms with Crippen LogP contribution >= 0.6 is 0 Å². The van der Waals surface area contributed by atoms with Crippen LogP contribution in [0.3, 0.4) is 0 Å². The van der Waals surface area contributed by atoms with Crippen molar-refractivity contribution in [1.82, 2.24) is 9.55 Å². The summed E-state index contributed by atoms with van der Waals surface area (Å²) in [5.41, 5.74) is 2.88. The van der Waals surface area contributed by atoms with E-state index >= 15 is 0 Å². The van der Waals surface area contributed by atoms with Crippen LogP contribution in [0.4, 0.5) is 0 Å². The third kappa shape index (κ3) is 4.22. The van der Waals surface area contributed by atoms with Gasteiger partial charge in [-0.3, -0.25) is 4.79 Å². The summed E-state index contributed by atoms with van der Waals surface area (Å²) in [7, 11) is 1.39. The second-order valence-electron chi connectivity index (χ2n) is 7.05. The molecule has 0 unspecified atom stereocenters. The zero-order valence-electron chi connectivity index (χ0n) is 17.1. The summed E-state index contributed by atoms with van der Waals surface area (Å²) in [5.74, 6) is 2.02. The summed E-state index contributed by atoms with van der Waals surface area (Å²) >= 11 is 0. The first-order valence-corrected chi connectivity index (χ1v) is 9.95. The molecule has 0 aliphatic heterocycles. The van der Waals surface area contributed by atoms with Crippen molar-refractivity contribution in [3.05, 3.63) is 72.2 Å². The fourth-order valence-corrected chi connectivity index (χ4v) is 3.45. The standard InChI is InChI=1S/C24H24N2O4/c1-17-20(25-24(30-17)18-8-4-3-5-9-18)10-7-15-29-22-12-6-11-21-19(22)13-14-26(21)16-23(27)28-2/h3-6,8-9,11-14H,7,10,15-16H2,1-2H3. The molecular formula is C24H24N2O4. The first kappa shape index (κ1) is 19.8. The molecule has 0 saturated carbocycles. The van der Waals surface area contributed by atoms with Gasteiger partial charge >= 0.3 is 5.97 Å². The lowest BCUT2D eigenvalue weighted by molar-refractivity contribution is -0.141. The number of oxazole rings is 1. The van der Waals surface area contributed by atoms with Crippen molar-refractivity contribution in [2.75, 3.05) is 13.7 Å². The van der Waals surface area contributed by atoms with E-state index in [1.54, 1.807) is 0 Å². The van der Waals surface area contributed by atoms with E-state index in [0.717, 1.165) is 46.5 Å². The van der Waals surface area contributed by atoms with E-state index in [1.165, 1.54) is 7.11 Å². The number of methoxy groups -OCH3 is 1. The highest BCUT2D eigenvalue weighted by molar-refractivity contribution is 5.87. The van der Waals surface area contributed by atoms with E-state index in [-0.39, 0.29) is 12.5 Å². The minimum Gasteiger partial charge on any atom is -0.493 e. The molecule has 0 bridgehead atoms. The molecule has 0 amide bonds. The van der Waals surface area contributed by atoms with Crippen molar-refractivity contribution in [3.63, 3.8) is 0 Å². The first-order valence-electron chi connectivity index (χ1n) is 9.95. The Morgan fingerprint density at radius 2 is 1.93 bits per heavy atom. The summed E-state index contributed by atoms with van der Waals surface area (Å²) < 4.78 is 18.5. The Bertz CT molecular complexity index is 1140. The first-order chi connectivity index (χ1) is 14.7. The van der Waals surface area contributed by atoms with Gasteiger partial charge in [0, 0.05) is 17.1 Å². The number of carbonyl (C=O) groups excluding carboxylic acids is 1. The van der Waals surface area contributed by atoms with Crippen LogP contribution in [0.5, 0.6) is 5.75 Å². The number of rotatable bonds is 8. The maximum atomic E-state index is 11.6. The van der Waals surface area contributed by atoms with Crippen LogP contribution in [0, 0.1) is 6.92 Å². The van der Waals surface area contributed by atoms with Gasteiger partial charge in [-0.25, -0.2) is 4.98 Å². The third-order valence-corrected chi connectivity index (χ3v) is 5.03. The zero-order chi connectivity index (χ0) is 20.9. The van der Waals surface area contributed by atoms with E-state index in [2.05, 4.69) is 4.98 Å². The molecule has 30 heavy (non-hydrogen) atoms. The van der Waals surface area contributed by atoms with E-state index in [9.17, 15) is 4.79 Å². The topological polar surface area (TPSA) is 66.5 Å². The molecule has 2 heterocycles.